The number of hydrogen-bond donors (Lipinski definition) is 1. The maximum absolute atomic E-state index is 10.8. The lowest BCUT2D eigenvalue weighted by molar-refractivity contribution is 0.0696. The Labute approximate surface area is 102 Å². The molecule has 4 heteroatoms. The first-order valence-electron chi connectivity index (χ1n) is 4.73. The van der Waals surface area contributed by atoms with Crippen molar-refractivity contribution in [3.8, 4) is 0 Å². The van der Waals surface area contributed by atoms with Gasteiger partial charge in [0.1, 0.15) is 0 Å². The van der Waals surface area contributed by atoms with Crippen LogP contribution in [0.1, 0.15) is 15.9 Å². The molecule has 0 aliphatic rings. The van der Waals surface area contributed by atoms with Crippen LogP contribution in [0.25, 0.3) is 0 Å². The van der Waals surface area contributed by atoms with Gasteiger partial charge in [0, 0.05) is 10.6 Å². The van der Waals surface area contributed by atoms with Gasteiger partial charge in [-0.15, -0.1) is 11.8 Å². The summed E-state index contributed by atoms with van der Waals surface area (Å²) < 4.78 is 0. The molecule has 0 amide bonds. The molecule has 0 spiro atoms. The van der Waals surface area contributed by atoms with Crippen LogP contribution in [0.2, 0.25) is 0 Å². The number of carboxylic acids is 1. The van der Waals surface area contributed by atoms with Gasteiger partial charge in [-0.25, -0.2) is 4.79 Å². The van der Waals surface area contributed by atoms with Crippen molar-refractivity contribution < 1.29 is 9.90 Å². The highest BCUT2D eigenvalue weighted by Crippen LogP contribution is 2.24. The monoisotopic (exact) mass is 250 g/mol. The quantitative estimate of drug-likeness (QED) is 0.840. The van der Waals surface area contributed by atoms with E-state index in [9.17, 15) is 4.79 Å². The van der Waals surface area contributed by atoms with E-state index in [0.29, 0.717) is 5.56 Å². The summed E-state index contributed by atoms with van der Waals surface area (Å²) in [6, 6.07) is 9.11. The molecular formula is C12H10O2S2. The molecule has 0 aliphatic carbocycles. The van der Waals surface area contributed by atoms with Gasteiger partial charge < -0.3 is 5.11 Å². The second-order valence-corrected chi connectivity index (χ2v) is 5.08. The summed E-state index contributed by atoms with van der Waals surface area (Å²) in [4.78, 5) is 11.8. The van der Waals surface area contributed by atoms with Gasteiger partial charge in [0.2, 0.25) is 0 Å². The van der Waals surface area contributed by atoms with E-state index >= 15 is 0 Å². The number of thioether (sulfide) groups is 1. The van der Waals surface area contributed by atoms with Gasteiger partial charge in [0.25, 0.3) is 0 Å². The van der Waals surface area contributed by atoms with Gasteiger partial charge in [-0.2, -0.15) is 11.3 Å². The highest BCUT2D eigenvalue weighted by Gasteiger charge is 2.03. The van der Waals surface area contributed by atoms with Crippen LogP contribution in [-0.2, 0) is 5.75 Å². The Morgan fingerprint density at radius 2 is 2.25 bits per heavy atom. The van der Waals surface area contributed by atoms with Crippen molar-refractivity contribution in [3.63, 3.8) is 0 Å². The SMILES string of the molecule is O=C(O)c1cccc(SCc2ccsc2)c1. The van der Waals surface area contributed by atoms with Crippen LogP contribution < -0.4 is 0 Å². The molecule has 1 aromatic carbocycles. The Morgan fingerprint density at radius 3 is 2.94 bits per heavy atom. The Balaban J connectivity index is 2.04. The average molecular weight is 250 g/mol. The van der Waals surface area contributed by atoms with Crippen LogP contribution in [0, 0.1) is 0 Å². The molecule has 82 valence electrons. The predicted molar refractivity (Wildman–Crippen MR) is 67.3 cm³/mol. The standard InChI is InChI=1S/C12H10O2S2/c13-12(14)10-2-1-3-11(6-10)16-8-9-4-5-15-7-9/h1-7H,8H2,(H,13,14). The van der Waals surface area contributed by atoms with Crippen LogP contribution in [0.15, 0.2) is 46.0 Å². The number of carbonyl (C=O) groups is 1. The predicted octanol–water partition coefficient (Wildman–Crippen LogP) is 3.74. The van der Waals surface area contributed by atoms with Crippen LogP contribution in [0.3, 0.4) is 0 Å². The molecule has 2 aromatic rings. The third-order valence-corrected chi connectivity index (χ3v) is 3.86. The van der Waals surface area contributed by atoms with E-state index in [0.717, 1.165) is 10.6 Å². The fourth-order valence-electron chi connectivity index (χ4n) is 1.26. The molecule has 1 heterocycles. The zero-order chi connectivity index (χ0) is 11.4. The summed E-state index contributed by atoms with van der Waals surface area (Å²) in [5, 5.41) is 13.0. The lowest BCUT2D eigenvalue weighted by Crippen LogP contribution is -1.95. The molecule has 2 rings (SSSR count). The zero-order valence-electron chi connectivity index (χ0n) is 8.42. The van der Waals surface area contributed by atoms with Crippen molar-refractivity contribution in [1.82, 2.24) is 0 Å². The molecule has 0 bridgehead atoms. The Kier molecular flexibility index (Phi) is 3.64. The summed E-state index contributed by atoms with van der Waals surface area (Å²) in [6.45, 7) is 0. The van der Waals surface area contributed by atoms with Crippen molar-refractivity contribution in [1.29, 1.82) is 0 Å². The number of carboxylic acid groups (broad SMARTS) is 1. The van der Waals surface area contributed by atoms with Gasteiger partial charge in [-0.1, -0.05) is 6.07 Å². The summed E-state index contributed by atoms with van der Waals surface area (Å²) in [6.07, 6.45) is 0. The van der Waals surface area contributed by atoms with E-state index in [1.807, 2.05) is 11.4 Å². The van der Waals surface area contributed by atoms with Crippen molar-refractivity contribution in [2.24, 2.45) is 0 Å². The number of aromatic carboxylic acids is 1. The summed E-state index contributed by atoms with van der Waals surface area (Å²) in [7, 11) is 0. The van der Waals surface area contributed by atoms with Gasteiger partial charge in [0.15, 0.2) is 0 Å². The largest absolute Gasteiger partial charge is 0.478 e. The second-order valence-electron chi connectivity index (χ2n) is 3.25. The van der Waals surface area contributed by atoms with Crippen LogP contribution in [0.4, 0.5) is 0 Å². The lowest BCUT2D eigenvalue weighted by Gasteiger charge is -2.01. The first kappa shape index (κ1) is 11.2. The third kappa shape index (κ3) is 2.87. The van der Waals surface area contributed by atoms with Crippen LogP contribution in [0.5, 0.6) is 0 Å². The lowest BCUT2D eigenvalue weighted by atomic mass is 10.2. The first-order chi connectivity index (χ1) is 7.75. The highest BCUT2D eigenvalue weighted by atomic mass is 32.2. The average Bonchev–Trinajstić information content (AvgIpc) is 2.79. The van der Waals surface area contributed by atoms with Crippen molar-refractivity contribution in [2.75, 3.05) is 0 Å². The van der Waals surface area contributed by atoms with Gasteiger partial charge >= 0.3 is 5.97 Å². The molecule has 0 aliphatic heterocycles. The van der Waals surface area contributed by atoms with Crippen LogP contribution >= 0.6 is 23.1 Å². The fraction of sp³-hybridized carbons (Fsp3) is 0.0833. The summed E-state index contributed by atoms with van der Waals surface area (Å²) in [5.74, 6) is 0.00465. The number of benzene rings is 1. The Hall–Kier alpha value is -1.26. The van der Waals surface area contributed by atoms with Crippen molar-refractivity contribution >= 4 is 29.1 Å². The molecule has 16 heavy (non-hydrogen) atoms. The Morgan fingerprint density at radius 1 is 1.38 bits per heavy atom. The molecule has 0 atom stereocenters. The summed E-state index contributed by atoms with van der Waals surface area (Å²) in [5.41, 5.74) is 1.62. The third-order valence-electron chi connectivity index (χ3n) is 2.07. The van der Waals surface area contributed by atoms with Gasteiger partial charge in [0.05, 0.1) is 5.56 Å². The van der Waals surface area contributed by atoms with Gasteiger partial charge in [-0.3, -0.25) is 0 Å². The van der Waals surface area contributed by atoms with E-state index in [1.54, 1.807) is 41.3 Å². The molecule has 2 nitrogen and oxygen atoms in total. The van der Waals surface area contributed by atoms with Crippen LogP contribution in [-0.4, -0.2) is 11.1 Å². The molecule has 0 fully saturated rings. The maximum Gasteiger partial charge on any atom is 0.335 e. The van der Waals surface area contributed by atoms with E-state index in [1.165, 1.54) is 5.56 Å². The van der Waals surface area contributed by atoms with E-state index in [4.69, 9.17) is 5.11 Å². The second kappa shape index (κ2) is 5.18. The highest BCUT2D eigenvalue weighted by molar-refractivity contribution is 7.98. The summed E-state index contributed by atoms with van der Waals surface area (Å²) >= 11 is 3.33. The topological polar surface area (TPSA) is 37.3 Å². The molecule has 0 saturated carbocycles. The molecule has 0 saturated heterocycles. The van der Waals surface area contributed by atoms with E-state index in [2.05, 4.69) is 11.4 Å². The van der Waals surface area contributed by atoms with Crippen molar-refractivity contribution in [2.45, 2.75) is 10.6 Å². The van der Waals surface area contributed by atoms with Gasteiger partial charge in [-0.05, 0) is 40.6 Å². The van der Waals surface area contributed by atoms with Crippen molar-refractivity contribution in [3.05, 3.63) is 52.2 Å². The smallest absolute Gasteiger partial charge is 0.335 e. The molecule has 0 unspecified atom stereocenters. The molecule has 1 aromatic heterocycles. The Bertz CT molecular complexity index is 478. The number of thiophene rings is 1. The first-order valence-corrected chi connectivity index (χ1v) is 6.66. The fourth-order valence-corrected chi connectivity index (χ4v) is 2.93. The molecule has 1 N–H and O–H groups in total. The molecule has 0 radical (unpaired) electrons. The van der Waals surface area contributed by atoms with E-state index in [-0.39, 0.29) is 0 Å². The number of hydrogen-bond acceptors (Lipinski definition) is 3. The normalized spacial score (nSPS) is 10.2. The molecular weight excluding hydrogens is 240 g/mol. The zero-order valence-corrected chi connectivity index (χ0v) is 10.1. The number of rotatable bonds is 4. The van der Waals surface area contributed by atoms with E-state index < -0.39 is 5.97 Å². The minimum atomic E-state index is -0.877. The maximum atomic E-state index is 10.8. The minimum absolute atomic E-state index is 0.343. The minimum Gasteiger partial charge on any atom is -0.478 e.